The topological polar surface area (TPSA) is 57.7 Å². The molecule has 6 nitrogen and oxygen atoms in total. The van der Waals surface area contributed by atoms with Crippen LogP contribution in [-0.2, 0) is 4.74 Å². The number of aryl methyl sites for hydroxylation is 1. The van der Waals surface area contributed by atoms with E-state index >= 15 is 0 Å². The third-order valence-corrected chi connectivity index (χ3v) is 4.19. The number of hydrogen-bond acceptors (Lipinski definition) is 5. The van der Waals surface area contributed by atoms with Crippen molar-refractivity contribution in [2.24, 2.45) is 0 Å². The smallest absolute Gasteiger partial charge is 0.317 e. The van der Waals surface area contributed by atoms with Gasteiger partial charge in [0.2, 0.25) is 0 Å². The Morgan fingerprint density at radius 3 is 2.80 bits per heavy atom. The number of carbonyl (C=O) groups is 1. The van der Waals surface area contributed by atoms with Crippen molar-refractivity contribution in [3.8, 4) is 0 Å². The molecule has 7 heteroatoms. The van der Waals surface area contributed by atoms with Crippen LogP contribution in [0.3, 0.4) is 0 Å². The number of ether oxygens (including phenoxy) is 1. The lowest BCUT2D eigenvalue weighted by molar-refractivity contribution is 0.145. The highest BCUT2D eigenvalue weighted by Crippen LogP contribution is 2.21. The van der Waals surface area contributed by atoms with E-state index in [0.29, 0.717) is 19.8 Å². The first-order valence-corrected chi connectivity index (χ1v) is 7.86. The summed E-state index contributed by atoms with van der Waals surface area (Å²) in [5.74, 6) is 0. The van der Waals surface area contributed by atoms with Gasteiger partial charge in [0.05, 0.1) is 12.3 Å². The summed E-state index contributed by atoms with van der Waals surface area (Å²) in [5, 5.41) is 5.99. The molecule has 2 amide bonds. The number of nitrogens with zero attached hydrogens (tertiary/aromatic N) is 3. The van der Waals surface area contributed by atoms with Gasteiger partial charge in [-0.3, -0.25) is 0 Å². The van der Waals surface area contributed by atoms with Crippen molar-refractivity contribution in [1.29, 1.82) is 0 Å². The highest BCUT2D eigenvalue weighted by atomic mass is 32.1. The molecule has 0 atom stereocenters. The molecular weight excluding hydrogens is 276 g/mol. The largest absolute Gasteiger partial charge is 0.380 e. The molecule has 2 heterocycles. The lowest BCUT2D eigenvalue weighted by Gasteiger charge is -2.34. The van der Waals surface area contributed by atoms with Crippen molar-refractivity contribution in [1.82, 2.24) is 15.2 Å². The average molecular weight is 298 g/mol. The Hall–Kier alpha value is -1.34. The van der Waals surface area contributed by atoms with Crippen molar-refractivity contribution < 1.29 is 9.53 Å². The van der Waals surface area contributed by atoms with Crippen LogP contribution in [0, 0.1) is 6.92 Å². The van der Waals surface area contributed by atoms with E-state index in [-0.39, 0.29) is 6.03 Å². The summed E-state index contributed by atoms with van der Waals surface area (Å²) in [6.07, 6.45) is 0. The number of anilines is 1. The van der Waals surface area contributed by atoms with Crippen molar-refractivity contribution in [3.63, 3.8) is 0 Å². The molecule has 112 valence electrons. The van der Waals surface area contributed by atoms with Crippen LogP contribution in [0.2, 0.25) is 0 Å². The second-order valence-corrected chi connectivity index (χ2v) is 5.51. The first kappa shape index (κ1) is 15.1. The molecule has 1 aliphatic heterocycles. The molecule has 1 aromatic rings. The zero-order valence-electron chi connectivity index (χ0n) is 12.1. The molecule has 0 bridgehead atoms. The second kappa shape index (κ2) is 7.44. The molecule has 0 saturated carbocycles. The number of thiazole rings is 1. The number of aromatic nitrogens is 1. The SMILES string of the molecule is CCOCCNC(=O)N1CCN(c2nc(C)cs2)CC1. The fourth-order valence-electron chi connectivity index (χ4n) is 2.07. The number of amides is 2. The fourth-order valence-corrected chi connectivity index (χ4v) is 2.93. The Morgan fingerprint density at radius 1 is 1.45 bits per heavy atom. The van der Waals surface area contributed by atoms with E-state index in [4.69, 9.17) is 4.74 Å². The molecule has 20 heavy (non-hydrogen) atoms. The van der Waals surface area contributed by atoms with Crippen molar-refractivity contribution in [3.05, 3.63) is 11.1 Å². The number of carbonyl (C=O) groups excluding carboxylic acids is 1. The summed E-state index contributed by atoms with van der Waals surface area (Å²) in [6, 6.07) is -0.000303. The number of piperazine rings is 1. The molecule has 0 aromatic carbocycles. The van der Waals surface area contributed by atoms with Crippen molar-refractivity contribution >= 4 is 22.5 Å². The van der Waals surface area contributed by atoms with E-state index in [2.05, 4.69) is 20.6 Å². The van der Waals surface area contributed by atoms with E-state index in [9.17, 15) is 4.79 Å². The molecule has 1 N–H and O–H groups in total. The number of urea groups is 1. The monoisotopic (exact) mass is 298 g/mol. The molecule has 0 radical (unpaired) electrons. The van der Waals surface area contributed by atoms with Crippen molar-refractivity contribution in [2.45, 2.75) is 13.8 Å². The molecule has 0 unspecified atom stereocenters. The molecule has 1 fully saturated rings. The standard InChI is InChI=1S/C13H22N4O2S/c1-3-19-9-4-14-12(18)16-5-7-17(8-6-16)13-15-11(2)10-20-13/h10H,3-9H2,1-2H3,(H,14,18). The fraction of sp³-hybridized carbons (Fsp3) is 0.692. The first-order valence-electron chi connectivity index (χ1n) is 6.98. The maximum Gasteiger partial charge on any atom is 0.317 e. The van der Waals surface area contributed by atoms with Gasteiger partial charge in [0, 0.05) is 44.7 Å². The zero-order valence-corrected chi connectivity index (χ0v) is 12.9. The van der Waals surface area contributed by atoms with E-state index in [1.165, 1.54) is 0 Å². The minimum absolute atomic E-state index is 0.000303. The summed E-state index contributed by atoms with van der Waals surface area (Å²) in [4.78, 5) is 20.5. The lowest BCUT2D eigenvalue weighted by atomic mass is 10.3. The van der Waals surface area contributed by atoms with Crippen LogP contribution in [0.1, 0.15) is 12.6 Å². The van der Waals surface area contributed by atoms with Crippen LogP contribution < -0.4 is 10.2 Å². The molecule has 0 spiro atoms. The van der Waals surface area contributed by atoms with E-state index in [1.54, 1.807) is 11.3 Å². The first-order chi connectivity index (χ1) is 9.70. The Labute approximate surface area is 123 Å². The van der Waals surface area contributed by atoms with Gasteiger partial charge >= 0.3 is 6.03 Å². The highest BCUT2D eigenvalue weighted by molar-refractivity contribution is 7.13. The Bertz CT molecular complexity index is 430. The molecular formula is C13H22N4O2S. The number of nitrogens with one attached hydrogen (secondary N) is 1. The van der Waals surface area contributed by atoms with E-state index < -0.39 is 0 Å². The maximum absolute atomic E-state index is 11.9. The Balaban J connectivity index is 1.72. The van der Waals surface area contributed by atoms with Crippen LogP contribution in [0.25, 0.3) is 0 Å². The van der Waals surface area contributed by atoms with E-state index in [0.717, 1.165) is 37.0 Å². The predicted octanol–water partition coefficient (Wildman–Crippen LogP) is 1.32. The molecule has 1 aliphatic rings. The minimum atomic E-state index is -0.000303. The molecule has 0 aliphatic carbocycles. The van der Waals surface area contributed by atoms with Gasteiger partial charge < -0.3 is 19.9 Å². The molecule has 1 aromatic heterocycles. The van der Waals surface area contributed by atoms with Gasteiger partial charge in [-0.05, 0) is 13.8 Å². The maximum atomic E-state index is 11.9. The van der Waals surface area contributed by atoms with Gasteiger partial charge in [0.25, 0.3) is 0 Å². The quantitative estimate of drug-likeness (QED) is 0.833. The molecule has 2 rings (SSSR count). The Kier molecular flexibility index (Phi) is 5.60. The summed E-state index contributed by atoms with van der Waals surface area (Å²) >= 11 is 1.66. The van der Waals surface area contributed by atoms with Crippen LogP contribution in [0.4, 0.5) is 9.93 Å². The van der Waals surface area contributed by atoms with Gasteiger partial charge in [-0.15, -0.1) is 11.3 Å². The lowest BCUT2D eigenvalue weighted by Crippen LogP contribution is -2.52. The van der Waals surface area contributed by atoms with E-state index in [1.807, 2.05) is 18.7 Å². The predicted molar refractivity (Wildman–Crippen MR) is 80.5 cm³/mol. The summed E-state index contributed by atoms with van der Waals surface area (Å²) in [5.41, 5.74) is 1.06. The van der Waals surface area contributed by atoms with Gasteiger partial charge in [-0.25, -0.2) is 9.78 Å². The Morgan fingerprint density at radius 2 is 2.20 bits per heavy atom. The summed E-state index contributed by atoms with van der Waals surface area (Å²) in [6.45, 7) is 8.92. The third-order valence-electron chi connectivity index (χ3n) is 3.17. The highest BCUT2D eigenvalue weighted by Gasteiger charge is 2.22. The zero-order chi connectivity index (χ0) is 14.4. The van der Waals surface area contributed by atoms with Gasteiger partial charge in [0.1, 0.15) is 0 Å². The normalized spacial score (nSPS) is 15.5. The van der Waals surface area contributed by atoms with Crippen molar-refractivity contribution in [2.75, 3.05) is 50.8 Å². The summed E-state index contributed by atoms with van der Waals surface area (Å²) in [7, 11) is 0. The van der Waals surface area contributed by atoms with Crippen LogP contribution >= 0.6 is 11.3 Å². The van der Waals surface area contributed by atoms with Gasteiger partial charge in [-0.1, -0.05) is 0 Å². The number of hydrogen-bond donors (Lipinski definition) is 1. The van der Waals surface area contributed by atoms with Crippen LogP contribution in [0.5, 0.6) is 0 Å². The van der Waals surface area contributed by atoms with Gasteiger partial charge in [0.15, 0.2) is 5.13 Å². The van der Waals surface area contributed by atoms with Crippen LogP contribution in [0.15, 0.2) is 5.38 Å². The number of rotatable bonds is 5. The second-order valence-electron chi connectivity index (χ2n) is 4.67. The molecule has 1 saturated heterocycles. The van der Waals surface area contributed by atoms with Crippen LogP contribution in [-0.4, -0.2) is 61.9 Å². The average Bonchev–Trinajstić information content (AvgIpc) is 2.90. The summed E-state index contributed by atoms with van der Waals surface area (Å²) < 4.78 is 5.20. The minimum Gasteiger partial charge on any atom is -0.380 e. The third kappa shape index (κ3) is 4.08. The van der Waals surface area contributed by atoms with Gasteiger partial charge in [-0.2, -0.15) is 0 Å².